The van der Waals surface area contributed by atoms with Gasteiger partial charge >= 0.3 is 0 Å². The Morgan fingerprint density at radius 2 is 1.96 bits per heavy atom. The second kappa shape index (κ2) is 8.67. The molecule has 1 fully saturated rings. The molecule has 1 unspecified atom stereocenters. The molecular formula is C21H32N4OS. The highest BCUT2D eigenvalue weighted by atomic mass is 32.1. The summed E-state index contributed by atoms with van der Waals surface area (Å²) in [5.41, 5.74) is 2.82. The van der Waals surface area contributed by atoms with Crippen molar-refractivity contribution < 1.29 is 5.11 Å². The third kappa shape index (κ3) is 5.27. The molecule has 1 saturated carbocycles. The summed E-state index contributed by atoms with van der Waals surface area (Å²) < 4.78 is 3.97. The number of hydrogen-bond donors (Lipinski definition) is 3. The number of aromatic nitrogens is 2. The third-order valence-corrected chi connectivity index (χ3v) is 6.14. The van der Waals surface area contributed by atoms with E-state index in [9.17, 15) is 5.11 Å². The monoisotopic (exact) mass is 388 g/mol. The van der Waals surface area contributed by atoms with Gasteiger partial charge in [-0.15, -0.1) is 0 Å². The van der Waals surface area contributed by atoms with Crippen LogP contribution < -0.4 is 10.6 Å². The minimum Gasteiger partial charge on any atom is -0.390 e. The van der Waals surface area contributed by atoms with Gasteiger partial charge in [-0.25, -0.2) is 4.98 Å². The van der Waals surface area contributed by atoms with E-state index >= 15 is 0 Å². The van der Waals surface area contributed by atoms with Gasteiger partial charge in [0.05, 0.1) is 6.10 Å². The van der Waals surface area contributed by atoms with Crippen LogP contribution in [0.15, 0.2) is 30.6 Å². The molecule has 2 aromatic rings. The van der Waals surface area contributed by atoms with Crippen molar-refractivity contribution in [2.75, 3.05) is 18.4 Å². The Hall–Kier alpha value is -1.50. The lowest BCUT2D eigenvalue weighted by atomic mass is 9.74. The first-order valence-electron chi connectivity index (χ1n) is 9.94. The van der Waals surface area contributed by atoms with Crippen LogP contribution in [0, 0.1) is 0 Å². The predicted octanol–water partition coefficient (Wildman–Crippen LogP) is 4.06. The van der Waals surface area contributed by atoms with Crippen molar-refractivity contribution in [1.82, 2.24) is 14.7 Å². The van der Waals surface area contributed by atoms with Gasteiger partial charge in [0.2, 0.25) is 5.13 Å². The number of nitrogens with one attached hydrogen (secondary N) is 2. The number of hydrogen-bond acceptors (Lipinski definition) is 6. The molecule has 0 spiro atoms. The average Bonchev–Trinajstić information content (AvgIpc) is 3.18. The number of anilines is 1. The Morgan fingerprint density at radius 3 is 2.63 bits per heavy atom. The first kappa shape index (κ1) is 20.2. The lowest BCUT2D eigenvalue weighted by Gasteiger charge is -2.40. The van der Waals surface area contributed by atoms with Gasteiger partial charge in [-0.1, -0.05) is 64.3 Å². The van der Waals surface area contributed by atoms with Gasteiger partial charge in [-0.2, -0.15) is 4.37 Å². The summed E-state index contributed by atoms with van der Waals surface area (Å²) in [6.07, 6.45) is 7.05. The molecule has 6 heteroatoms. The molecule has 3 rings (SSSR count). The summed E-state index contributed by atoms with van der Waals surface area (Å²) in [4.78, 5) is 4.10. The molecule has 0 saturated heterocycles. The van der Waals surface area contributed by atoms with E-state index in [0.29, 0.717) is 13.1 Å². The molecule has 0 radical (unpaired) electrons. The van der Waals surface area contributed by atoms with Gasteiger partial charge in [0.15, 0.2) is 0 Å². The van der Waals surface area contributed by atoms with Gasteiger partial charge in [0, 0.05) is 30.2 Å². The standard InChI is InChI=1S/C21H32N4OS/c1-20(2,3)16-8-7-9-17(12-16)21(10-5-4-6-11-21)24-14-18(26)13-22-19-23-15-25-27-19/h7-9,12,15,18,24,26H,4-6,10-11,13-14H2,1-3H3,(H,22,23,25). The second-order valence-electron chi connectivity index (χ2n) is 8.64. The molecule has 148 valence electrons. The van der Waals surface area contributed by atoms with Gasteiger partial charge in [-0.3, -0.25) is 0 Å². The van der Waals surface area contributed by atoms with Gasteiger partial charge < -0.3 is 15.7 Å². The molecule has 1 aromatic carbocycles. The van der Waals surface area contributed by atoms with Crippen molar-refractivity contribution in [3.05, 3.63) is 41.7 Å². The molecule has 0 bridgehead atoms. The normalized spacial score (nSPS) is 18.2. The van der Waals surface area contributed by atoms with E-state index in [0.717, 1.165) is 18.0 Å². The van der Waals surface area contributed by atoms with Gasteiger partial charge in [-0.05, 0) is 29.4 Å². The van der Waals surface area contributed by atoms with E-state index in [1.165, 1.54) is 48.2 Å². The molecule has 0 aliphatic heterocycles. The van der Waals surface area contributed by atoms with E-state index in [2.05, 4.69) is 65.0 Å². The first-order chi connectivity index (χ1) is 12.9. The zero-order chi connectivity index (χ0) is 19.3. The minimum atomic E-state index is -0.474. The van der Waals surface area contributed by atoms with Gasteiger partial charge in [0.25, 0.3) is 0 Å². The molecule has 1 aliphatic carbocycles. The van der Waals surface area contributed by atoms with Crippen LogP contribution >= 0.6 is 11.5 Å². The fraction of sp³-hybridized carbons (Fsp3) is 0.619. The maximum atomic E-state index is 10.5. The smallest absolute Gasteiger partial charge is 0.202 e. The van der Waals surface area contributed by atoms with Crippen molar-refractivity contribution >= 4 is 16.7 Å². The molecule has 1 aromatic heterocycles. The summed E-state index contributed by atoms with van der Waals surface area (Å²) in [5, 5.41) is 18.1. The Bertz CT molecular complexity index is 705. The highest BCUT2D eigenvalue weighted by Gasteiger charge is 2.34. The van der Waals surface area contributed by atoms with Crippen LogP contribution in [-0.4, -0.2) is 33.7 Å². The van der Waals surface area contributed by atoms with Crippen LogP contribution in [0.4, 0.5) is 5.13 Å². The van der Waals surface area contributed by atoms with E-state index < -0.39 is 6.10 Å². The van der Waals surface area contributed by atoms with Crippen LogP contribution in [0.3, 0.4) is 0 Å². The van der Waals surface area contributed by atoms with Crippen molar-refractivity contribution in [2.24, 2.45) is 0 Å². The maximum absolute atomic E-state index is 10.5. The fourth-order valence-corrected chi connectivity index (χ4v) is 4.28. The minimum absolute atomic E-state index is 0.0385. The lowest BCUT2D eigenvalue weighted by molar-refractivity contribution is 0.147. The topological polar surface area (TPSA) is 70.1 Å². The third-order valence-electron chi connectivity index (χ3n) is 5.51. The molecule has 1 heterocycles. The summed E-state index contributed by atoms with van der Waals surface area (Å²) in [5.74, 6) is 0. The van der Waals surface area contributed by atoms with Gasteiger partial charge in [0.1, 0.15) is 6.33 Å². The molecular weight excluding hydrogens is 356 g/mol. The molecule has 0 amide bonds. The van der Waals surface area contributed by atoms with Crippen molar-refractivity contribution in [3.63, 3.8) is 0 Å². The summed E-state index contributed by atoms with van der Waals surface area (Å²) >= 11 is 1.31. The quantitative estimate of drug-likeness (QED) is 0.667. The average molecular weight is 389 g/mol. The number of rotatable bonds is 7. The van der Waals surface area contributed by atoms with Crippen LogP contribution in [0.25, 0.3) is 0 Å². The fourth-order valence-electron chi connectivity index (χ4n) is 3.85. The highest BCUT2D eigenvalue weighted by molar-refractivity contribution is 7.09. The Morgan fingerprint density at radius 1 is 1.19 bits per heavy atom. The largest absolute Gasteiger partial charge is 0.390 e. The van der Waals surface area contributed by atoms with Crippen molar-refractivity contribution in [3.8, 4) is 0 Å². The summed E-state index contributed by atoms with van der Waals surface area (Å²) in [6.45, 7) is 7.81. The molecule has 1 aliphatic rings. The maximum Gasteiger partial charge on any atom is 0.202 e. The van der Waals surface area contributed by atoms with E-state index in [4.69, 9.17) is 0 Å². The molecule has 5 nitrogen and oxygen atoms in total. The second-order valence-corrected chi connectivity index (χ2v) is 9.42. The van der Waals surface area contributed by atoms with E-state index in [1.54, 1.807) is 0 Å². The van der Waals surface area contributed by atoms with Crippen LogP contribution in [0.2, 0.25) is 0 Å². The van der Waals surface area contributed by atoms with Crippen molar-refractivity contribution in [1.29, 1.82) is 0 Å². The molecule has 3 N–H and O–H groups in total. The SMILES string of the molecule is CC(C)(C)c1cccc(C2(NCC(O)CNc3ncns3)CCCCC2)c1. The molecule has 27 heavy (non-hydrogen) atoms. The van der Waals surface area contributed by atoms with Crippen molar-refractivity contribution in [2.45, 2.75) is 69.9 Å². The Kier molecular flexibility index (Phi) is 6.50. The highest BCUT2D eigenvalue weighted by Crippen LogP contribution is 2.38. The Balaban J connectivity index is 1.69. The number of aliphatic hydroxyl groups is 1. The number of nitrogens with zero attached hydrogens (tertiary/aromatic N) is 2. The summed E-state index contributed by atoms with van der Waals surface area (Å²) in [6, 6.07) is 9.02. The predicted molar refractivity (Wildman–Crippen MR) is 112 cm³/mol. The molecule has 1 atom stereocenters. The zero-order valence-electron chi connectivity index (χ0n) is 16.7. The lowest BCUT2D eigenvalue weighted by Crippen LogP contribution is -2.48. The van der Waals surface area contributed by atoms with E-state index in [1.807, 2.05) is 0 Å². The first-order valence-corrected chi connectivity index (χ1v) is 10.7. The van der Waals surface area contributed by atoms with E-state index in [-0.39, 0.29) is 11.0 Å². The zero-order valence-corrected chi connectivity index (χ0v) is 17.5. The number of benzene rings is 1. The van der Waals surface area contributed by atoms with Crippen LogP contribution in [-0.2, 0) is 11.0 Å². The van der Waals surface area contributed by atoms with Crippen LogP contribution in [0.5, 0.6) is 0 Å². The van der Waals surface area contributed by atoms with Crippen LogP contribution in [0.1, 0.15) is 64.0 Å². The Labute approximate surface area is 166 Å². The number of aliphatic hydroxyl groups excluding tert-OH is 1. The summed E-state index contributed by atoms with van der Waals surface area (Å²) in [7, 11) is 0.